The fourth-order valence-corrected chi connectivity index (χ4v) is 7.07. The summed E-state index contributed by atoms with van der Waals surface area (Å²) >= 11 is 0. The van der Waals surface area contributed by atoms with Gasteiger partial charge in [0.25, 0.3) is 5.91 Å². The molecule has 13 heteroatoms. The molecule has 0 spiro atoms. The van der Waals surface area contributed by atoms with Crippen LogP contribution in [0.3, 0.4) is 0 Å². The maximum absolute atomic E-state index is 14.4. The van der Waals surface area contributed by atoms with Crippen molar-refractivity contribution in [2.45, 2.75) is 88.4 Å². The number of hydrogen-bond acceptors (Lipinski definition) is 7. The van der Waals surface area contributed by atoms with Crippen LogP contribution >= 0.6 is 0 Å². The van der Waals surface area contributed by atoms with E-state index in [1.165, 1.54) is 0 Å². The molecular formula is C28H32F3N7O3. The van der Waals surface area contributed by atoms with Crippen LogP contribution in [0.5, 0.6) is 0 Å². The molecule has 10 nitrogen and oxygen atoms in total. The molecule has 2 bridgehead atoms. The number of rotatable bonds is 8. The molecule has 41 heavy (non-hydrogen) atoms. The van der Waals surface area contributed by atoms with E-state index in [-0.39, 0.29) is 67.0 Å². The molecule has 3 aromatic rings. The SMILES string of the molecule is Cc1nonc1C(=O)N[C@H](c1cn2ncc([C@H](NC(=O)C3C[C@]4(F)C[C@H]3C4)C3CC3)cc2n1)C1CCC(F)(F)CC1. The number of nitrogens with zero attached hydrogens (tertiary/aromatic N) is 5. The Morgan fingerprint density at radius 3 is 2.39 bits per heavy atom. The van der Waals surface area contributed by atoms with E-state index in [1.807, 2.05) is 6.07 Å². The van der Waals surface area contributed by atoms with Crippen LogP contribution in [0, 0.1) is 30.6 Å². The van der Waals surface area contributed by atoms with Crippen molar-refractivity contribution in [3.8, 4) is 0 Å². The van der Waals surface area contributed by atoms with Gasteiger partial charge < -0.3 is 10.6 Å². The predicted molar refractivity (Wildman–Crippen MR) is 137 cm³/mol. The number of nitrogens with one attached hydrogen (secondary N) is 2. The Balaban J connectivity index is 1.15. The minimum absolute atomic E-state index is 0.0294. The highest BCUT2D eigenvalue weighted by molar-refractivity contribution is 5.93. The normalized spacial score (nSPS) is 28.7. The van der Waals surface area contributed by atoms with Gasteiger partial charge in [-0.15, -0.1) is 0 Å². The van der Waals surface area contributed by atoms with Crippen molar-refractivity contribution in [2.75, 3.05) is 0 Å². The molecule has 5 fully saturated rings. The molecule has 0 aromatic carbocycles. The van der Waals surface area contributed by atoms with Crippen LogP contribution < -0.4 is 10.6 Å². The summed E-state index contributed by atoms with van der Waals surface area (Å²) in [6.45, 7) is 1.60. The van der Waals surface area contributed by atoms with Crippen molar-refractivity contribution >= 4 is 17.5 Å². The fourth-order valence-electron chi connectivity index (χ4n) is 7.07. The van der Waals surface area contributed by atoms with E-state index in [0.717, 1.165) is 18.4 Å². The first-order chi connectivity index (χ1) is 19.6. The van der Waals surface area contributed by atoms with Crippen molar-refractivity contribution < 1.29 is 27.4 Å². The van der Waals surface area contributed by atoms with Crippen LogP contribution in [0.2, 0.25) is 0 Å². The monoisotopic (exact) mass is 571 g/mol. The minimum Gasteiger partial charge on any atom is -0.349 e. The lowest BCUT2D eigenvalue weighted by molar-refractivity contribution is -0.126. The number of amides is 2. The summed E-state index contributed by atoms with van der Waals surface area (Å²) in [7, 11) is 0. The molecule has 2 amide bonds. The summed E-state index contributed by atoms with van der Waals surface area (Å²) < 4.78 is 48.6. The van der Waals surface area contributed by atoms with Gasteiger partial charge in [-0.25, -0.2) is 27.3 Å². The van der Waals surface area contributed by atoms with Gasteiger partial charge in [0.2, 0.25) is 11.8 Å². The van der Waals surface area contributed by atoms with E-state index in [0.29, 0.717) is 36.3 Å². The van der Waals surface area contributed by atoms with Crippen molar-refractivity contribution in [3.05, 3.63) is 41.1 Å². The number of hydrogen-bond donors (Lipinski definition) is 2. The largest absolute Gasteiger partial charge is 0.349 e. The number of fused-ring (bicyclic) bond motifs is 2. The number of carbonyl (C=O) groups excluding carboxylic acids is 2. The summed E-state index contributed by atoms with van der Waals surface area (Å²) in [4.78, 5) is 30.9. The molecule has 3 atom stereocenters. The third-order valence-electron chi connectivity index (χ3n) is 9.56. The smallest absolute Gasteiger partial charge is 0.276 e. The standard InChI is InChI=1S/C28H32F3N7O3/c1-14-22(37-41-36-14)26(40)35-24(16-4-6-28(30,31)7-5-16)20-13-38-21(33-20)8-17(12-32-38)23(15-2-3-15)34-25(39)19-11-27(29)9-18(19)10-27/h8,12-13,15-16,18-19,23-24H,2-7,9-11H2,1H3,(H,34,39)(H,35,40)/t18-,19?,23-,24+,27-/m1/s1. The first-order valence-electron chi connectivity index (χ1n) is 14.4. The van der Waals surface area contributed by atoms with E-state index in [4.69, 9.17) is 4.98 Å². The maximum Gasteiger partial charge on any atom is 0.276 e. The van der Waals surface area contributed by atoms with Gasteiger partial charge >= 0.3 is 0 Å². The molecule has 218 valence electrons. The van der Waals surface area contributed by atoms with E-state index in [9.17, 15) is 22.8 Å². The molecule has 2 N–H and O–H groups in total. The minimum atomic E-state index is -2.72. The Kier molecular flexibility index (Phi) is 6.13. The van der Waals surface area contributed by atoms with E-state index in [1.54, 1.807) is 23.8 Å². The van der Waals surface area contributed by atoms with Gasteiger partial charge in [0.1, 0.15) is 11.4 Å². The quantitative estimate of drug-likeness (QED) is 0.410. The zero-order valence-corrected chi connectivity index (χ0v) is 22.7. The zero-order valence-electron chi connectivity index (χ0n) is 22.7. The highest BCUT2D eigenvalue weighted by atomic mass is 19.3. The van der Waals surface area contributed by atoms with Crippen LogP contribution in [0.25, 0.3) is 5.65 Å². The van der Waals surface area contributed by atoms with Crippen LogP contribution in [0.4, 0.5) is 13.2 Å². The third-order valence-corrected chi connectivity index (χ3v) is 9.56. The zero-order chi connectivity index (χ0) is 28.5. The Bertz CT molecular complexity index is 1490. The summed E-state index contributed by atoms with van der Waals surface area (Å²) in [6.07, 6.45) is 6.52. The number of carbonyl (C=O) groups is 2. The maximum atomic E-state index is 14.4. The second-order valence-electron chi connectivity index (χ2n) is 12.6. The van der Waals surface area contributed by atoms with Crippen LogP contribution in [0.15, 0.2) is 23.1 Å². The highest BCUT2D eigenvalue weighted by Gasteiger charge is 2.59. The number of alkyl halides is 3. The molecule has 0 saturated heterocycles. The van der Waals surface area contributed by atoms with Gasteiger partial charge in [-0.2, -0.15) is 5.10 Å². The van der Waals surface area contributed by atoms with E-state index >= 15 is 0 Å². The molecule has 5 saturated carbocycles. The second-order valence-corrected chi connectivity index (χ2v) is 12.6. The van der Waals surface area contributed by atoms with Gasteiger partial charge in [-0.1, -0.05) is 5.16 Å². The summed E-state index contributed by atoms with van der Waals surface area (Å²) in [5.74, 6) is -3.48. The van der Waals surface area contributed by atoms with Crippen molar-refractivity contribution in [1.82, 2.24) is 35.5 Å². The lowest BCUT2D eigenvalue weighted by Crippen LogP contribution is -2.37. The Labute approximate surface area is 233 Å². The van der Waals surface area contributed by atoms with Gasteiger partial charge in [0.15, 0.2) is 11.3 Å². The average molecular weight is 572 g/mol. The molecular weight excluding hydrogens is 539 g/mol. The Hall–Kier alpha value is -3.51. The van der Waals surface area contributed by atoms with Crippen LogP contribution in [-0.2, 0) is 4.79 Å². The molecule has 5 aliphatic rings. The fraction of sp³-hybridized carbons (Fsp3) is 0.643. The summed E-state index contributed by atoms with van der Waals surface area (Å²) in [5.41, 5.74) is 1.01. The number of aromatic nitrogens is 5. The van der Waals surface area contributed by atoms with Gasteiger partial charge in [0, 0.05) is 18.8 Å². The molecule has 0 radical (unpaired) electrons. The molecule has 3 aromatic heterocycles. The Morgan fingerprint density at radius 2 is 1.76 bits per heavy atom. The van der Waals surface area contributed by atoms with Crippen molar-refractivity contribution in [2.24, 2.45) is 23.7 Å². The van der Waals surface area contributed by atoms with Crippen molar-refractivity contribution in [3.63, 3.8) is 0 Å². The molecule has 5 aliphatic carbocycles. The number of halogens is 3. The van der Waals surface area contributed by atoms with Crippen LogP contribution in [-0.4, -0.2) is 48.3 Å². The lowest BCUT2D eigenvalue weighted by atomic mass is 9.80. The second kappa shape index (κ2) is 9.52. The third kappa shape index (κ3) is 4.97. The first kappa shape index (κ1) is 26.4. The topological polar surface area (TPSA) is 127 Å². The lowest BCUT2D eigenvalue weighted by Gasteiger charge is -2.33. The van der Waals surface area contributed by atoms with E-state index < -0.39 is 23.5 Å². The number of imidazole rings is 1. The van der Waals surface area contributed by atoms with Crippen molar-refractivity contribution in [1.29, 1.82) is 0 Å². The predicted octanol–water partition coefficient (Wildman–Crippen LogP) is 4.42. The molecule has 3 heterocycles. The highest BCUT2D eigenvalue weighted by Crippen LogP contribution is 2.58. The Morgan fingerprint density at radius 1 is 1.02 bits per heavy atom. The van der Waals surface area contributed by atoms with Crippen LogP contribution in [0.1, 0.15) is 97.3 Å². The van der Waals surface area contributed by atoms with E-state index in [2.05, 4.69) is 30.7 Å². The summed E-state index contributed by atoms with van der Waals surface area (Å²) in [5, 5.41) is 18.0. The number of aryl methyl sites for hydroxylation is 1. The van der Waals surface area contributed by atoms with Gasteiger partial charge in [-0.3, -0.25) is 9.59 Å². The molecule has 8 rings (SSSR count). The summed E-state index contributed by atoms with van der Waals surface area (Å²) in [6, 6.07) is 0.970. The molecule has 0 aliphatic heterocycles. The molecule has 1 unspecified atom stereocenters. The first-order valence-corrected chi connectivity index (χ1v) is 14.4. The average Bonchev–Trinajstić information content (AvgIpc) is 3.21. The van der Waals surface area contributed by atoms with Gasteiger partial charge in [0.05, 0.1) is 30.2 Å². The van der Waals surface area contributed by atoms with Gasteiger partial charge in [-0.05, 0) is 86.4 Å².